The SMILES string of the molecule is COCC1CCNC(c2ccccc2C)C1. The molecule has 0 aliphatic carbocycles. The summed E-state index contributed by atoms with van der Waals surface area (Å²) in [5.41, 5.74) is 2.83. The zero-order chi connectivity index (χ0) is 11.4. The standard InChI is InChI=1S/C14H21NO/c1-11-5-3-4-6-13(11)14-9-12(10-16-2)7-8-15-14/h3-6,12,14-15H,7-10H2,1-2H3. The third-order valence-electron chi connectivity index (χ3n) is 3.48. The van der Waals surface area contributed by atoms with E-state index in [-0.39, 0.29) is 0 Å². The van der Waals surface area contributed by atoms with Gasteiger partial charge in [0.25, 0.3) is 0 Å². The fourth-order valence-electron chi connectivity index (χ4n) is 2.60. The van der Waals surface area contributed by atoms with Gasteiger partial charge in [0.15, 0.2) is 0 Å². The summed E-state index contributed by atoms with van der Waals surface area (Å²) in [4.78, 5) is 0. The van der Waals surface area contributed by atoms with Crippen LogP contribution in [0.5, 0.6) is 0 Å². The highest BCUT2D eigenvalue weighted by Gasteiger charge is 2.23. The van der Waals surface area contributed by atoms with E-state index in [1.807, 2.05) is 0 Å². The minimum Gasteiger partial charge on any atom is -0.384 e. The molecule has 1 heterocycles. The largest absolute Gasteiger partial charge is 0.384 e. The van der Waals surface area contributed by atoms with Crippen LogP contribution < -0.4 is 5.32 Å². The van der Waals surface area contributed by atoms with Crippen LogP contribution in [0.3, 0.4) is 0 Å². The number of hydrogen-bond acceptors (Lipinski definition) is 2. The zero-order valence-corrected chi connectivity index (χ0v) is 10.2. The summed E-state index contributed by atoms with van der Waals surface area (Å²) < 4.78 is 5.27. The van der Waals surface area contributed by atoms with Gasteiger partial charge in [0.1, 0.15) is 0 Å². The fraction of sp³-hybridized carbons (Fsp3) is 0.571. The zero-order valence-electron chi connectivity index (χ0n) is 10.2. The molecule has 1 aromatic rings. The Morgan fingerprint density at radius 1 is 1.38 bits per heavy atom. The molecule has 16 heavy (non-hydrogen) atoms. The molecule has 0 saturated carbocycles. The molecule has 0 spiro atoms. The van der Waals surface area contributed by atoms with Crippen molar-refractivity contribution in [2.75, 3.05) is 20.3 Å². The van der Waals surface area contributed by atoms with Gasteiger partial charge in [0, 0.05) is 19.8 Å². The molecule has 1 fully saturated rings. The van der Waals surface area contributed by atoms with Crippen LogP contribution in [-0.4, -0.2) is 20.3 Å². The minimum absolute atomic E-state index is 0.509. The van der Waals surface area contributed by atoms with Crippen LogP contribution in [-0.2, 0) is 4.74 Å². The summed E-state index contributed by atoms with van der Waals surface area (Å²) in [5.74, 6) is 0.704. The van der Waals surface area contributed by atoms with Gasteiger partial charge in [-0.1, -0.05) is 24.3 Å². The van der Waals surface area contributed by atoms with Crippen molar-refractivity contribution in [3.05, 3.63) is 35.4 Å². The average Bonchev–Trinajstić information content (AvgIpc) is 2.30. The van der Waals surface area contributed by atoms with Crippen LogP contribution in [0.1, 0.15) is 30.0 Å². The summed E-state index contributed by atoms with van der Waals surface area (Å²) >= 11 is 0. The molecular weight excluding hydrogens is 198 g/mol. The van der Waals surface area contributed by atoms with E-state index in [4.69, 9.17) is 4.74 Å². The number of nitrogens with one attached hydrogen (secondary N) is 1. The number of piperidine rings is 1. The Kier molecular flexibility index (Phi) is 3.97. The first-order valence-corrected chi connectivity index (χ1v) is 6.09. The molecule has 1 aromatic carbocycles. The maximum absolute atomic E-state index is 5.27. The third kappa shape index (κ3) is 2.63. The number of methoxy groups -OCH3 is 1. The van der Waals surface area contributed by atoms with Gasteiger partial charge in [-0.3, -0.25) is 0 Å². The molecule has 1 aliphatic heterocycles. The normalized spacial score (nSPS) is 25.6. The Morgan fingerprint density at radius 3 is 2.94 bits per heavy atom. The van der Waals surface area contributed by atoms with Gasteiger partial charge in [0.2, 0.25) is 0 Å². The monoisotopic (exact) mass is 219 g/mol. The minimum atomic E-state index is 0.509. The van der Waals surface area contributed by atoms with Crippen molar-refractivity contribution >= 4 is 0 Å². The highest BCUT2D eigenvalue weighted by molar-refractivity contribution is 5.29. The summed E-state index contributed by atoms with van der Waals surface area (Å²) in [6.45, 7) is 4.19. The molecule has 1 aliphatic rings. The van der Waals surface area contributed by atoms with Crippen LogP contribution in [0.15, 0.2) is 24.3 Å². The number of rotatable bonds is 3. The molecule has 0 radical (unpaired) electrons. The van der Waals surface area contributed by atoms with Crippen LogP contribution in [0, 0.1) is 12.8 Å². The Hall–Kier alpha value is -0.860. The van der Waals surface area contributed by atoms with Crippen molar-refractivity contribution < 1.29 is 4.74 Å². The second kappa shape index (κ2) is 5.46. The van der Waals surface area contributed by atoms with Crippen molar-refractivity contribution in [3.8, 4) is 0 Å². The molecule has 2 heteroatoms. The molecule has 2 nitrogen and oxygen atoms in total. The van der Waals surface area contributed by atoms with Gasteiger partial charge >= 0.3 is 0 Å². The lowest BCUT2D eigenvalue weighted by atomic mass is 9.87. The molecular formula is C14H21NO. The Labute approximate surface area is 98.0 Å². The Morgan fingerprint density at radius 2 is 2.19 bits per heavy atom. The molecule has 1 N–H and O–H groups in total. The number of hydrogen-bond donors (Lipinski definition) is 1. The fourth-order valence-corrected chi connectivity index (χ4v) is 2.60. The Balaban J connectivity index is 2.07. The summed E-state index contributed by atoms with van der Waals surface area (Å²) in [6.07, 6.45) is 2.43. The quantitative estimate of drug-likeness (QED) is 0.844. The lowest BCUT2D eigenvalue weighted by molar-refractivity contribution is 0.124. The van der Waals surface area contributed by atoms with Crippen LogP contribution in [0.2, 0.25) is 0 Å². The summed E-state index contributed by atoms with van der Waals surface area (Å²) in [7, 11) is 1.80. The predicted molar refractivity (Wildman–Crippen MR) is 66.5 cm³/mol. The van der Waals surface area contributed by atoms with Crippen molar-refractivity contribution in [3.63, 3.8) is 0 Å². The van der Waals surface area contributed by atoms with E-state index >= 15 is 0 Å². The van der Waals surface area contributed by atoms with E-state index in [9.17, 15) is 0 Å². The molecule has 88 valence electrons. The topological polar surface area (TPSA) is 21.3 Å². The van der Waals surface area contributed by atoms with Gasteiger partial charge in [-0.15, -0.1) is 0 Å². The first-order chi connectivity index (χ1) is 7.81. The van der Waals surface area contributed by atoms with E-state index in [0.717, 1.165) is 13.2 Å². The van der Waals surface area contributed by atoms with Gasteiger partial charge in [0.05, 0.1) is 0 Å². The molecule has 0 aromatic heterocycles. The first kappa shape index (κ1) is 11.6. The number of ether oxygens (including phenoxy) is 1. The maximum Gasteiger partial charge on any atom is 0.0491 e. The van der Waals surface area contributed by atoms with Gasteiger partial charge in [-0.05, 0) is 43.4 Å². The van der Waals surface area contributed by atoms with Crippen LogP contribution in [0.25, 0.3) is 0 Å². The van der Waals surface area contributed by atoms with E-state index in [2.05, 4.69) is 36.5 Å². The van der Waals surface area contributed by atoms with Crippen molar-refractivity contribution in [2.24, 2.45) is 5.92 Å². The van der Waals surface area contributed by atoms with Gasteiger partial charge < -0.3 is 10.1 Å². The highest BCUT2D eigenvalue weighted by atomic mass is 16.5. The lowest BCUT2D eigenvalue weighted by Crippen LogP contribution is -2.33. The lowest BCUT2D eigenvalue weighted by Gasteiger charge is -2.31. The van der Waals surface area contributed by atoms with E-state index in [0.29, 0.717) is 12.0 Å². The van der Waals surface area contributed by atoms with Crippen LogP contribution >= 0.6 is 0 Å². The molecule has 2 atom stereocenters. The third-order valence-corrected chi connectivity index (χ3v) is 3.48. The molecule has 2 rings (SSSR count). The van der Waals surface area contributed by atoms with Crippen molar-refractivity contribution in [1.29, 1.82) is 0 Å². The summed E-state index contributed by atoms with van der Waals surface area (Å²) in [5, 5.41) is 3.61. The van der Waals surface area contributed by atoms with Crippen LogP contribution in [0.4, 0.5) is 0 Å². The number of aryl methyl sites for hydroxylation is 1. The van der Waals surface area contributed by atoms with E-state index in [1.165, 1.54) is 24.0 Å². The average molecular weight is 219 g/mol. The number of benzene rings is 1. The Bertz CT molecular complexity index is 335. The van der Waals surface area contributed by atoms with Crippen molar-refractivity contribution in [1.82, 2.24) is 5.32 Å². The second-order valence-electron chi connectivity index (χ2n) is 4.71. The molecule has 0 amide bonds. The van der Waals surface area contributed by atoms with E-state index in [1.54, 1.807) is 7.11 Å². The van der Waals surface area contributed by atoms with Gasteiger partial charge in [-0.25, -0.2) is 0 Å². The molecule has 1 saturated heterocycles. The molecule has 0 bridgehead atoms. The molecule has 2 unspecified atom stereocenters. The van der Waals surface area contributed by atoms with Crippen molar-refractivity contribution in [2.45, 2.75) is 25.8 Å². The maximum atomic E-state index is 5.27. The van der Waals surface area contributed by atoms with E-state index < -0.39 is 0 Å². The predicted octanol–water partition coefficient (Wildman–Crippen LogP) is 2.68. The highest BCUT2D eigenvalue weighted by Crippen LogP contribution is 2.28. The smallest absolute Gasteiger partial charge is 0.0491 e. The second-order valence-corrected chi connectivity index (χ2v) is 4.71. The van der Waals surface area contributed by atoms with Gasteiger partial charge in [-0.2, -0.15) is 0 Å². The summed E-state index contributed by atoms with van der Waals surface area (Å²) in [6, 6.07) is 9.17. The first-order valence-electron chi connectivity index (χ1n) is 6.09.